The van der Waals surface area contributed by atoms with Crippen molar-refractivity contribution < 1.29 is 33.6 Å². The van der Waals surface area contributed by atoms with Crippen molar-refractivity contribution in [3.8, 4) is 68.0 Å². The zero-order chi connectivity index (χ0) is 88.4. The Bertz CT molecular complexity index is 6200. The monoisotopic (exact) mass is 1770 g/mol. The van der Waals surface area contributed by atoms with Crippen LogP contribution in [0.3, 0.4) is 0 Å². The van der Waals surface area contributed by atoms with Crippen molar-refractivity contribution in [1.82, 2.24) is 24.8 Å². The van der Waals surface area contributed by atoms with Crippen LogP contribution in [0.2, 0.25) is 30.4 Å². The molecule has 125 heavy (non-hydrogen) atoms. The maximum atomic E-state index is 13.1. The number of hydrogen-bond acceptors (Lipinski definition) is 12. The number of aromatic nitrogens is 4. The van der Waals surface area contributed by atoms with Crippen molar-refractivity contribution in [3.05, 3.63) is 431 Å². The van der Waals surface area contributed by atoms with E-state index in [-0.39, 0.29) is 5.78 Å². The lowest BCUT2D eigenvalue weighted by atomic mass is 9.70. The van der Waals surface area contributed by atoms with Crippen molar-refractivity contribution in [2.45, 2.75) is 43.6 Å². The molecule has 0 radical (unpaired) electrons. The molecule has 0 bridgehead atoms. The molecule has 0 amide bonds. The van der Waals surface area contributed by atoms with Crippen molar-refractivity contribution in [2.75, 3.05) is 69.7 Å². The largest absolute Gasteiger partial charge is 0.616 e. The van der Waals surface area contributed by atoms with Crippen LogP contribution in [0.1, 0.15) is 79.2 Å². The van der Waals surface area contributed by atoms with Gasteiger partial charge in [-0.2, -0.15) is 0 Å². The highest BCUT2D eigenvalue weighted by molar-refractivity contribution is 6.33. The third-order valence-corrected chi connectivity index (χ3v) is 22.7. The van der Waals surface area contributed by atoms with Gasteiger partial charge in [0.15, 0.2) is 12.0 Å². The highest BCUT2D eigenvalue weighted by Gasteiger charge is 2.43. The van der Waals surface area contributed by atoms with Crippen LogP contribution in [-0.2, 0) is 24.9 Å². The van der Waals surface area contributed by atoms with Crippen LogP contribution in [0.15, 0.2) is 340 Å². The minimum absolute atomic E-state index is 0.218. The number of hydrogen-bond donors (Lipinski definition) is 1. The number of Topliss-reactive ketones (excluding diaryl/α,β-unsaturated/α-hetero) is 1. The summed E-state index contributed by atoms with van der Waals surface area (Å²) in [6, 6.07) is 107. The average molecular weight is 1780 g/mol. The fourth-order valence-electron chi connectivity index (χ4n) is 14.9. The molecule has 0 aliphatic heterocycles. The van der Waals surface area contributed by atoms with E-state index in [9.17, 15) is 15.1 Å². The van der Waals surface area contributed by atoms with E-state index in [0.29, 0.717) is 74.7 Å². The number of carbonyl (C=O) groups is 1. The fourth-order valence-corrected chi connectivity index (χ4v) is 15.9. The molecule has 12 aromatic carbocycles. The van der Waals surface area contributed by atoms with Gasteiger partial charge in [-0.1, -0.05) is 324 Å². The Morgan fingerprint density at radius 2 is 0.824 bits per heavy atom. The summed E-state index contributed by atoms with van der Waals surface area (Å²) in [6.07, 6.45) is 6.55. The number of methoxy groups -OCH3 is 4. The second-order valence-electron chi connectivity index (χ2n) is 30.3. The third kappa shape index (κ3) is 24.8. The molecular formula is C106H96Cl6N6O7. The molecule has 0 saturated heterocycles. The predicted octanol–water partition coefficient (Wildman–Crippen LogP) is 26.1. The number of rotatable bonds is 25. The maximum absolute atomic E-state index is 13.1. The van der Waals surface area contributed by atoms with Gasteiger partial charge < -0.3 is 39.1 Å². The highest BCUT2D eigenvalue weighted by Crippen LogP contribution is 2.50. The first-order valence-corrected chi connectivity index (χ1v) is 42.9. The molecule has 0 spiro atoms. The smallest absolute Gasteiger partial charge is 0.382 e. The highest BCUT2D eigenvalue weighted by atomic mass is 35.5. The van der Waals surface area contributed by atoms with Crippen LogP contribution < -0.4 is 23.7 Å². The van der Waals surface area contributed by atoms with E-state index < -0.39 is 11.5 Å². The summed E-state index contributed by atoms with van der Waals surface area (Å²) in [4.78, 5) is 29.8. The summed E-state index contributed by atoms with van der Waals surface area (Å²) >= 11 is 37.1. The van der Waals surface area contributed by atoms with E-state index in [4.69, 9.17) is 93.5 Å². The quantitative estimate of drug-likeness (QED) is 0.0251. The summed E-state index contributed by atoms with van der Waals surface area (Å²) < 4.78 is 22.7. The Morgan fingerprint density at radius 3 is 1.32 bits per heavy atom. The standard InChI is InChI=1S/C34H32Cl2N2O2.C19H15Cl2NO.C19H16ClNO2.C19H16ClNO.C15H17NO/c1-38(2)21-20-34(39,30-15-9-13-23-10-7-8-14-27(23)30)31(25-11-5-4-6-12-25)29-22-28(32(36)37-33(29)40-3)24-16-18-26(35)19-17-24;1-23-19-15(11-13-5-3-2-4-6-13)12-17(18(21)22-19)14-7-9-16(20)10-8-14;1-23-19-16(11-14-5-3-2-4-6-14)12-17(13-21(19)22)15-7-9-18(20)10-8-15;1-22-19-16(11-14-5-3-2-4-6-14)12-17(13-21-19)15-7-9-18(20)10-8-15;1-16(2)11-10-15(17)14-9-5-7-12-6-3-4-8-13(12)14/h4-19,22,31,39H,20-21H2,1-3H3;2-10,12H,11H2,1H3;2-10,12-13H,11H2,1H3;2-10,12-13H,11H2,1H3;3-9H,10-11H2,1-2H3. The summed E-state index contributed by atoms with van der Waals surface area (Å²) in [7, 11) is 14.4. The zero-order valence-corrected chi connectivity index (χ0v) is 75.2. The average Bonchev–Trinajstić information content (AvgIpc) is 0.737. The lowest BCUT2D eigenvalue weighted by Crippen LogP contribution is -2.38. The lowest BCUT2D eigenvalue weighted by Gasteiger charge is -2.39. The number of ketones is 1. The van der Waals surface area contributed by atoms with Crippen molar-refractivity contribution in [3.63, 3.8) is 0 Å². The van der Waals surface area contributed by atoms with E-state index >= 15 is 0 Å². The molecule has 2 atom stereocenters. The number of benzene rings is 12. The van der Waals surface area contributed by atoms with E-state index in [2.05, 4.69) is 63.4 Å². The van der Waals surface area contributed by atoms with Crippen LogP contribution in [0, 0.1) is 5.21 Å². The Balaban J connectivity index is 0.000000147. The second-order valence-corrected chi connectivity index (χ2v) is 32.7. The third-order valence-electron chi connectivity index (χ3n) is 21.1. The van der Waals surface area contributed by atoms with E-state index in [1.165, 1.54) is 24.4 Å². The van der Waals surface area contributed by atoms with Gasteiger partial charge >= 0.3 is 5.88 Å². The van der Waals surface area contributed by atoms with Crippen LogP contribution >= 0.6 is 69.6 Å². The molecule has 0 saturated carbocycles. The normalized spacial score (nSPS) is 11.6. The van der Waals surface area contributed by atoms with E-state index in [1.807, 2.05) is 318 Å². The number of ether oxygens (including phenoxy) is 4. The molecule has 0 fully saturated rings. The predicted molar refractivity (Wildman–Crippen MR) is 515 cm³/mol. The molecule has 1 N–H and O–H groups in total. The van der Waals surface area contributed by atoms with Crippen LogP contribution in [0.4, 0.5) is 0 Å². The Morgan fingerprint density at radius 1 is 0.416 bits per heavy atom. The van der Waals surface area contributed by atoms with Gasteiger partial charge in [0, 0.05) is 115 Å². The van der Waals surface area contributed by atoms with Gasteiger partial charge in [-0.25, -0.2) is 15.0 Å². The first-order chi connectivity index (χ1) is 60.6. The molecule has 634 valence electrons. The van der Waals surface area contributed by atoms with Crippen LogP contribution in [0.25, 0.3) is 66.1 Å². The topological polar surface area (TPSA) is 146 Å². The van der Waals surface area contributed by atoms with Gasteiger partial charge in [0.25, 0.3) is 0 Å². The number of nitrogens with zero attached hydrogens (tertiary/aromatic N) is 6. The van der Waals surface area contributed by atoms with Crippen molar-refractivity contribution in [2.24, 2.45) is 0 Å². The van der Waals surface area contributed by atoms with Crippen LogP contribution in [-0.4, -0.2) is 105 Å². The van der Waals surface area contributed by atoms with E-state index in [1.54, 1.807) is 21.3 Å². The van der Waals surface area contributed by atoms with Gasteiger partial charge in [-0.05, 0) is 179 Å². The molecule has 4 heterocycles. The van der Waals surface area contributed by atoms with Gasteiger partial charge in [0.2, 0.25) is 17.6 Å². The summed E-state index contributed by atoms with van der Waals surface area (Å²) in [5.41, 5.74) is 15.9. The van der Waals surface area contributed by atoms with Crippen LogP contribution in [0.5, 0.6) is 23.5 Å². The van der Waals surface area contributed by atoms with Gasteiger partial charge in [0.05, 0.1) is 34.0 Å². The number of carbonyl (C=O) groups excluding carboxylic acids is 1. The number of pyridine rings is 4. The first-order valence-electron chi connectivity index (χ1n) is 40.6. The van der Waals surface area contributed by atoms with Crippen molar-refractivity contribution in [1.29, 1.82) is 0 Å². The number of aliphatic hydroxyl groups is 1. The molecule has 0 aliphatic carbocycles. The van der Waals surface area contributed by atoms with Gasteiger partial charge in [-0.3, -0.25) is 4.79 Å². The summed E-state index contributed by atoms with van der Waals surface area (Å²) in [5, 5.41) is 33.1. The summed E-state index contributed by atoms with van der Waals surface area (Å²) in [6.45, 7) is 1.46. The Labute approximate surface area is 762 Å². The zero-order valence-electron chi connectivity index (χ0n) is 70.7. The molecule has 16 aromatic rings. The minimum atomic E-state index is -1.33. The molecule has 0 aliphatic rings. The molecule has 13 nitrogen and oxygen atoms in total. The molecule has 19 heteroatoms. The minimum Gasteiger partial charge on any atom is -0.616 e. The Hall–Kier alpha value is -12.0. The Kier molecular flexibility index (Phi) is 33.3. The molecule has 2 unspecified atom stereocenters. The number of halogens is 6. The first kappa shape index (κ1) is 92.2. The number of fused-ring (bicyclic) bond motifs is 2. The maximum Gasteiger partial charge on any atom is 0.382 e. The molecule has 16 rings (SSSR count). The SMILES string of the molecule is CN(C)CCC(=O)c1cccc2ccccc12.COc1c(Cc2ccccc2)cc(-c2ccc(Cl)cc2)c[n+]1[O-].COc1nc(Cl)c(-c2ccc(Cl)cc2)cc1C(c1ccccc1)C(O)(CCN(C)C)c1cccc2ccccc12.COc1nc(Cl)c(-c2ccc(Cl)cc2)cc1Cc1ccccc1.COc1ncc(-c2ccc(Cl)cc2)cc1Cc1ccccc1. The van der Waals surface area contributed by atoms with Gasteiger partial charge in [-0.15, -0.1) is 4.73 Å². The van der Waals surface area contributed by atoms with E-state index in [0.717, 1.165) is 140 Å². The van der Waals surface area contributed by atoms with Gasteiger partial charge in [0.1, 0.15) is 15.9 Å². The molecule has 4 aromatic heterocycles. The fraction of sp³-hybridized carbons (Fsp3) is 0.160. The second kappa shape index (κ2) is 45.1. The summed E-state index contributed by atoms with van der Waals surface area (Å²) in [5.74, 6) is 1.62. The molecular weight excluding hydrogens is 1680 g/mol. The lowest BCUT2D eigenvalue weighted by molar-refractivity contribution is -0.612. The van der Waals surface area contributed by atoms with Crippen molar-refractivity contribution >= 4 is 96.9 Å².